The van der Waals surface area contributed by atoms with Crippen LogP contribution in [0, 0.1) is 0 Å². The zero-order chi connectivity index (χ0) is 17.6. The van der Waals surface area contributed by atoms with Gasteiger partial charge in [0.15, 0.2) is 0 Å². The fraction of sp³-hybridized carbons (Fsp3) is 0.429. The van der Waals surface area contributed by atoms with Crippen molar-refractivity contribution in [1.82, 2.24) is 10.0 Å². The first-order valence-electron chi connectivity index (χ1n) is 7.06. The number of benzene rings is 1. The number of nitrogens with one attached hydrogen (secondary N) is 3. The first kappa shape index (κ1) is 19.1. The predicted molar refractivity (Wildman–Crippen MR) is 87.2 cm³/mol. The van der Waals surface area contributed by atoms with Crippen LogP contribution in [0.1, 0.15) is 20.8 Å². The van der Waals surface area contributed by atoms with Crippen molar-refractivity contribution < 1.29 is 18.0 Å². The van der Waals surface area contributed by atoms with E-state index < -0.39 is 22.0 Å². The molecule has 0 spiro atoms. The summed E-state index contributed by atoms with van der Waals surface area (Å²) >= 11 is 0. The van der Waals surface area contributed by atoms with Crippen molar-refractivity contribution in [3.05, 3.63) is 24.3 Å². The zero-order valence-corrected chi connectivity index (χ0v) is 14.1. The van der Waals surface area contributed by atoms with Gasteiger partial charge in [-0.1, -0.05) is 0 Å². The van der Waals surface area contributed by atoms with Gasteiger partial charge in [0.1, 0.15) is 0 Å². The van der Waals surface area contributed by atoms with E-state index in [-0.39, 0.29) is 23.4 Å². The highest BCUT2D eigenvalue weighted by Gasteiger charge is 2.22. The second-order valence-electron chi connectivity index (χ2n) is 5.19. The van der Waals surface area contributed by atoms with Gasteiger partial charge in [-0.15, -0.1) is 0 Å². The van der Waals surface area contributed by atoms with E-state index in [1.165, 1.54) is 38.1 Å². The van der Waals surface area contributed by atoms with Crippen molar-refractivity contribution in [2.75, 3.05) is 11.9 Å². The Balaban J connectivity index is 2.78. The third kappa shape index (κ3) is 5.97. The maximum Gasteiger partial charge on any atom is 0.241 e. The van der Waals surface area contributed by atoms with Gasteiger partial charge < -0.3 is 16.4 Å². The van der Waals surface area contributed by atoms with Crippen LogP contribution in [0.15, 0.2) is 29.2 Å². The summed E-state index contributed by atoms with van der Waals surface area (Å²) in [6.07, 6.45) is 0. The SMILES string of the molecule is CC(=O)Nc1ccc(S(=O)(=O)NC(C)C(=O)N[C@@H](C)CN)cc1. The molecule has 9 heteroatoms. The summed E-state index contributed by atoms with van der Waals surface area (Å²) in [6, 6.07) is 4.45. The van der Waals surface area contributed by atoms with E-state index in [0.29, 0.717) is 5.69 Å². The van der Waals surface area contributed by atoms with E-state index in [1.807, 2.05) is 0 Å². The van der Waals surface area contributed by atoms with Crippen LogP contribution in [-0.4, -0.2) is 38.9 Å². The average Bonchev–Trinajstić information content (AvgIpc) is 2.46. The lowest BCUT2D eigenvalue weighted by Crippen LogP contribution is -2.48. The number of rotatable bonds is 7. The molecule has 5 N–H and O–H groups in total. The molecule has 0 saturated heterocycles. The van der Waals surface area contributed by atoms with Crippen LogP contribution in [-0.2, 0) is 19.6 Å². The van der Waals surface area contributed by atoms with Gasteiger partial charge in [0.05, 0.1) is 10.9 Å². The highest BCUT2D eigenvalue weighted by atomic mass is 32.2. The second kappa shape index (κ2) is 8.04. The molecule has 0 heterocycles. The third-order valence-electron chi connectivity index (χ3n) is 2.95. The van der Waals surface area contributed by atoms with Crippen LogP contribution in [0.2, 0.25) is 0 Å². The molecule has 0 aromatic heterocycles. The largest absolute Gasteiger partial charge is 0.351 e. The molecule has 0 aliphatic carbocycles. The van der Waals surface area contributed by atoms with E-state index in [1.54, 1.807) is 6.92 Å². The maximum absolute atomic E-state index is 12.2. The zero-order valence-electron chi connectivity index (χ0n) is 13.3. The Morgan fingerprint density at radius 1 is 1.17 bits per heavy atom. The number of hydrogen-bond acceptors (Lipinski definition) is 5. The normalized spacial score (nSPS) is 13.9. The van der Waals surface area contributed by atoms with E-state index in [0.717, 1.165) is 0 Å². The van der Waals surface area contributed by atoms with Crippen LogP contribution in [0.25, 0.3) is 0 Å². The lowest BCUT2D eigenvalue weighted by molar-refractivity contribution is -0.122. The van der Waals surface area contributed by atoms with E-state index >= 15 is 0 Å². The molecular formula is C14H22N4O4S. The Labute approximate surface area is 135 Å². The van der Waals surface area contributed by atoms with Gasteiger partial charge in [-0.05, 0) is 38.1 Å². The first-order valence-corrected chi connectivity index (χ1v) is 8.54. The minimum atomic E-state index is -3.85. The number of amides is 2. The van der Waals surface area contributed by atoms with Crippen molar-refractivity contribution in [1.29, 1.82) is 0 Å². The molecule has 0 aliphatic rings. The molecule has 23 heavy (non-hydrogen) atoms. The Morgan fingerprint density at radius 3 is 2.22 bits per heavy atom. The Morgan fingerprint density at radius 2 is 1.74 bits per heavy atom. The smallest absolute Gasteiger partial charge is 0.241 e. The van der Waals surface area contributed by atoms with Gasteiger partial charge in [0.25, 0.3) is 0 Å². The Kier molecular flexibility index (Phi) is 6.67. The molecule has 0 bridgehead atoms. The number of hydrogen-bond donors (Lipinski definition) is 4. The molecule has 2 atom stereocenters. The molecule has 0 fully saturated rings. The molecule has 1 aromatic rings. The number of anilines is 1. The number of carbonyl (C=O) groups excluding carboxylic acids is 2. The minimum Gasteiger partial charge on any atom is -0.351 e. The van der Waals surface area contributed by atoms with Gasteiger partial charge >= 0.3 is 0 Å². The third-order valence-corrected chi connectivity index (χ3v) is 4.51. The number of sulfonamides is 1. The Hall–Kier alpha value is -1.97. The molecule has 0 aliphatic heterocycles. The van der Waals surface area contributed by atoms with Crippen molar-refractivity contribution in [3.63, 3.8) is 0 Å². The monoisotopic (exact) mass is 342 g/mol. The highest BCUT2D eigenvalue weighted by molar-refractivity contribution is 7.89. The molecule has 1 aromatic carbocycles. The molecule has 0 saturated carbocycles. The molecule has 0 radical (unpaired) electrons. The summed E-state index contributed by atoms with van der Waals surface area (Å²) in [4.78, 5) is 22.8. The van der Waals surface area contributed by atoms with Gasteiger partial charge in [-0.25, -0.2) is 8.42 Å². The summed E-state index contributed by atoms with van der Waals surface area (Å²) in [5.41, 5.74) is 5.89. The summed E-state index contributed by atoms with van der Waals surface area (Å²) in [7, 11) is -3.85. The maximum atomic E-state index is 12.2. The van der Waals surface area contributed by atoms with Gasteiger partial charge in [0.2, 0.25) is 21.8 Å². The molecule has 2 amide bonds. The summed E-state index contributed by atoms with van der Waals surface area (Å²) in [5.74, 6) is -0.709. The van der Waals surface area contributed by atoms with Crippen LogP contribution in [0.5, 0.6) is 0 Å². The van der Waals surface area contributed by atoms with Gasteiger partial charge in [-0.2, -0.15) is 4.72 Å². The number of nitrogens with two attached hydrogens (primary N) is 1. The fourth-order valence-corrected chi connectivity index (χ4v) is 2.90. The quantitative estimate of drug-likeness (QED) is 0.544. The Bertz CT molecular complexity index is 658. The first-order chi connectivity index (χ1) is 10.7. The summed E-state index contributed by atoms with van der Waals surface area (Å²) in [5, 5.41) is 5.14. The lowest BCUT2D eigenvalue weighted by atomic mass is 10.3. The van der Waals surface area contributed by atoms with E-state index in [2.05, 4.69) is 15.4 Å². The second-order valence-corrected chi connectivity index (χ2v) is 6.91. The molecule has 128 valence electrons. The van der Waals surface area contributed by atoms with Crippen molar-refractivity contribution in [2.24, 2.45) is 5.73 Å². The fourth-order valence-electron chi connectivity index (χ4n) is 1.70. The highest BCUT2D eigenvalue weighted by Crippen LogP contribution is 2.14. The van der Waals surface area contributed by atoms with Crippen LogP contribution >= 0.6 is 0 Å². The molecular weight excluding hydrogens is 320 g/mol. The van der Waals surface area contributed by atoms with Crippen molar-refractivity contribution in [3.8, 4) is 0 Å². The van der Waals surface area contributed by atoms with E-state index in [9.17, 15) is 18.0 Å². The number of carbonyl (C=O) groups is 2. The van der Waals surface area contributed by atoms with Gasteiger partial charge in [0, 0.05) is 25.2 Å². The topological polar surface area (TPSA) is 130 Å². The van der Waals surface area contributed by atoms with Crippen LogP contribution in [0.3, 0.4) is 0 Å². The van der Waals surface area contributed by atoms with Crippen LogP contribution in [0.4, 0.5) is 5.69 Å². The lowest BCUT2D eigenvalue weighted by Gasteiger charge is -2.17. The van der Waals surface area contributed by atoms with Crippen molar-refractivity contribution >= 4 is 27.5 Å². The molecule has 1 rings (SSSR count). The van der Waals surface area contributed by atoms with E-state index in [4.69, 9.17) is 5.73 Å². The average molecular weight is 342 g/mol. The summed E-state index contributed by atoms with van der Waals surface area (Å²) in [6.45, 7) is 4.78. The van der Waals surface area contributed by atoms with Crippen LogP contribution < -0.4 is 21.1 Å². The van der Waals surface area contributed by atoms with Crippen molar-refractivity contribution in [2.45, 2.75) is 37.8 Å². The molecule has 1 unspecified atom stereocenters. The predicted octanol–water partition coefficient (Wildman–Crippen LogP) is -0.225. The minimum absolute atomic E-state index is 0.00174. The summed E-state index contributed by atoms with van der Waals surface area (Å²) < 4.78 is 26.8. The molecule has 8 nitrogen and oxygen atoms in total. The standard InChI is InChI=1S/C14H22N4O4S/c1-9(8-15)16-14(20)10(2)18-23(21,22)13-6-4-12(5-7-13)17-11(3)19/h4-7,9-10,18H,8,15H2,1-3H3,(H,16,20)(H,17,19)/t9-,10?/m0/s1. The van der Waals surface area contributed by atoms with Gasteiger partial charge in [-0.3, -0.25) is 9.59 Å².